The number of phenolic OH excluding ortho intramolecular Hbond substituents is 1. The van der Waals surface area contributed by atoms with Crippen molar-refractivity contribution in [1.82, 2.24) is 0 Å². The molecule has 0 radical (unpaired) electrons. The van der Waals surface area contributed by atoms with Crippen molar-refractivity contribution in [3.05, 3.63) is 94.0 Å². The van der Waals surface area contributed by atoms with E-state index in [1.54, 1.807) is 6.92 Å². The number of aromatic carboxylic acids is 1. The van der Waals surface area contributed by atoms with Gasteiger partial charge >= 0.3 is 11.9 Å². The number of carboxylic acid groups (broad SMARTS) is 2. The van der Waals surface area contributed by atoms with E-state index in [1.807, 2.05) is 0 Å². The van der Waals surface area contributed by atoms with Gasteiger partial charge in [-0.2, -0.15) is 32.2 Å². The molecule has 0 saturated heterocycles. The zero-order valence-corrected chi connectivity index (χ0v) is 31.4. The third kappa shape index (κ3) is 10.0. The molecule has 0 spiro atoms. The summed E-state index contributed by atoms with van der Waals surface area (Å²) in [5.41, 5.74) is 4.12. The second-order valence-electron chi connectivity index (χ2n) is 12.1. The normalized spacial score (nSPS) is 12.1. The smallest absolute Gasteiger partial charge is 0.335 e. The van der Waals surface area contributed by atoms with Crippen LogP contribution in [-0.4, -0.2) is 64.0 Å². The Kier molecular flexibility index (Phi) is 12.2. The van der Waals surface area contributed by atoms with E-state index in [1.165, 1.54) is 42.5 Å². The molecule has 304 valence electrons. The van der Waals surface area contributed by atoms with Gasteiger partial charge in [-0.1, -0.05) is 0 Å². The fourth-order valence-corrected chi connectivity index (χ4v) is 6.53. The summed E-state index contributed by atoms with van der Waals surface area (Å²) in [5, 5.41) is 65.4. The number of hydrogen-bond donors (Lipinski definition) is 7. The lowest BCUT2D eigenvalue weighted by molar-refractivity contribution is -0.384. The number of aromatic hydroxyl groups is 1. The molecule has 59 heavy (non-hydrogen) atoms. The Bertz CT molecular complexity index is 2900. The molecule has 0 fully saturated rings. The van der Waals surface area contributed by atoms with E-state index in [0.717, 1.165) is 18.2 Å². The number of carbonyl (C=O) groups is 3. The van der Waals surface area contributed by atoms with Crippen molar-refractivity contribution in [2.45, 2.75) is 29.6 Å². The number of nitro benzene ring substituents is 1. The number of rotatable bonds is 14. The molecule has 5 aromatic carbocycles. The quantitative estimate of drug-likeness (QED) is 0.0186. The van der Waals surface area contributed by atoms with Gasteiger partial charge < -0.3 is 26.4 Å². The lowest BCUT2D eigenvalue weighted by Gasteiger charge is -2.14. The highest BCUT2D eigenvalue weighted by Gasteiger charge is 2.29. The largest absolute Gasteiger partial charge is 0.505 e. The van der Waals surface area contributed by atoms with Gasteiger partial charge in [0.15, 0.2) is 11.4 Å². The van der Waals surface area contributed by atoms with Crippen LogP contribution >= 0.6 is 0 Å². The number of amides is 1. The average Bonchev–Trinajstić information content (AvgIpc) is 3.15. The van der Waals surface area contributed by atoms with E-state index < -0.39 is 111 Å². The maximum atomic E-state index is 12.6. The number of aryl methyl sites for hydroxylation is 1. The van der Waals surface area contributed by atoms with Crippen molar-refractivity contribution in [2.75, 3.05) is 11.1 Å². The molecule has 0 aromatic heterocycles. The lowest BCUT2D eigenvalue weighted by Crippen LogP contribution is -2.13. The molecule has 1 amide bonds. The average molecular weight is 850 g/mol. The topological polar surface area (TPSA) is 376 Å². The van der Waals surface area contributed by atoms with Crippen LogP contribution in [0.5, 0.6) is 5.75 Å². The summed E-state index contributed by atoms with van der Waals surface area (Å²) in [5.74, 6) is -4.39. The van der Waals surface area contributed by atoms with Crippen LogP contribution in [0.25, 0.3) is 10.8 Å². The standard InChI is InChI=1S/C34H27N9O14S2/c1-16-12-20(7-8-22(16)39-37-18-4-2-17(3-5-18)34(48)49)38-41-24-15-26(58(52,53)54)21-14-27(59(55,56)57)32(33(47)30(21)31(24)35)42-40-23-9-6-19(13-25(23)43(50)51)36-28(44)10-11-29(45)46/h2-9,12-15,47H,10-11,35H2,1H3,(H,36,44)(H,45,46)(H,48,49)(H,52,53,54)(H,55,56,57)/b39-37+,41-38+,42-40+. The number of nitrogens with zero attached hydrogens (tertiary/aromatic N) is 7. The molecule has 8 N–H and O–H groups in total. The van der Waals surface area contributed by atoms with Crippen LogP contribution in [0.15, 0.2) is 113 Å². The molecule has 23 nitrogen and oxygen atoms in total. The van der Waals surface area contributed by atoms with Gasteiger partial charge in [-0.05, 0) is 79.2 Å². The number of carbonyl (C=O) groups excluding carboxylic acids is 1. The van der Waals surface area contributed by atoms with E-state index in [-0.39, 0.29) is 16.9 Å². The third-order valence-electron chi connectivity index (χ3n) is 7.99. The fourth-order valence-electron chi connectivity index (χ4n) is 5.19. The molecule has 0 bridgehead atoms. The van der Waals surface area contributed by atoms with Gasteiger partial charge in [-0.25, -0.2) is 4.79 Å². The predicted molar refractivity (Wildman–Crippen MR) is 205 cm³/mol. The Morgan fingerprint density at radius 3 is 1.93 bits per heavy atom. The van der Waals surface area contributed by atoms with E-state index >= 15 is 0 Å². The van der Waals surface area contributed by atoms with Gasteiger partial charge in [0, 0.05) is 23.6 Å². The number of nitrogens with one attached hydrogen (secondary N) is 1. The van der Waals surface area contributed by atoms with Crippen molar-refractivity contribution in [3.8, 4) is 5.75 Å². The van der Waals surface area contributed by atoms with Crippen LogP contribution in [-0.2, 0) is 29.8 Å². The number of aliphatic carboxylic acids is 1. The highest BCUT2D eigenvalue weighted by atomic mass is 32.2. The zero-order chi connectivity index (χ0) is 43.4. The second kappa shape index (κ2) is 16.9. The zero-order valence-electron chi connectivity index (χ0n) is 29.8. The van der Waals surface area contributed by atoms with Crippen molar-refractivity contribution < 1.29 is 60.6 Å². The first-order valence-corrected chi connectivity index (χ1v) is 19.1. The number of fused-ring (bicyclic) bond motifs is 1. The van der Waals surface area contributed by atoms with Crippen LogP contribution in [0.4, 0.5) is 51.2 Å². The first-order chi connectivity index (χ1) is 27.6. The highest BCUT2D eigenvalue weighted by Crippen LogP contribution is 2.48. The Balaban J connectivity index is 1.57. The van der Waals surface area contributed by atoms with Crippen molar-refractivity contribution in [2.24, 2.45) is 30.7 Å². The van der Waals surface area contributed by atoms with Gasteiger partial charge in [-0.15, -0.1) is 15.3 Å². The Hall–Kier alpha value is -7.61. The van der Waals surface area contributed by atoms with E-state index in [9.17, 15) is 55.5 Å². The molecule has 0 saturated carbocycles. The Labute approximate surface area is 330 Å². The van der Waals surface area contributed by atoms with E-state index in [2.05, 4.69) is 36.0 Å². The molecule has 0 unspecified atom stereocenters. The number of hydrogen-bond acceptors (Lipinski definition) is 17. The maximum absolute atomic E-state index is 12.6. The van der Waals surface area contributed by atoms with Gasteiger partial charge in [0.1, 0.15) is 21.2 Å². The minimum Gasteiger partial charge on any atom is -0.505 e. The van der Waals surface area contributed by atoms with Crippen LogP contribution in [0, 0.1) is 17.0 Å². The number of anilines is 2. The summed E-state index contributed by atoms with van der Waals surface area (Å²) in [7, 11) is -10.7. The minimum atomic E-state index is -5.41. The van der Waals surface area contributed by atoms with E-state index in [0.29, 0.717) is 29.1 Å². The number of phenols is 1. The third-order valence-corrected chi connectivity index (χ3v) is 9.75. The van der Waals surface area contributed by atoms with Crippen molar-refractivity contribution in [1.29, 1.82) is 0 Å². The first kappa shape index (κ1) is 42.5. The molecule has 0 aliphatic heterocycles. The second-order valence-corrected chi connectivity index (χ2v) is 14.9. The maximum Gasteiger partial charge on any atom is 0.335 e. The number of carboxylic acids is 2. The monoisotopic (exact) mass is 849 g/mol. The van der Waals surface area contributed by atoms with Crippen molar-refractivity contribution >= 4 is 100 Å². The molecule has 0 aliphatic rings. The van der Waals surface area contributed by atoms with Crippen LogP contribution in [0.2, 0.25) is 0 Å². The molecule has 0 atom stereocenters. The molecule has 5 rings (SSSR count). The summed E-state index contributed by atoms with van der Waals surface area (Å²) in [4.78, 5) is 42.5. The summed E-state index contributed by atoms with van der Waals surface area (Å²) < 4.78 is 70.3. The summed E-state index contributed by atoms with van der Waals surface area (Å²) in [6.45, 7) is 1.65. The SMILES string of the molecule is Cc1cc(/N=N/c2cc(S(=O)(=O)O)c3cc(S(=O)(=O)O)c(/N=N/c4ccc(NC(=O)CCC(=O)O)cc4[N+](=O)[O-])c(O)c3c2N)ccc1/N=N/c1ccc(C(=O)O)cc1. The predicted octanol–water partition coefficient (Wildman–Crippen LogP) is 7.59. The molecular formula is C34H27N9O14S2. The van der Waals surface area contributed by atoms with Crippen LogP contribution in [0.3, 0.4) is 0 Å². The molecule has 0 heterocycles. The fraction of sp³-hybridized carbons (Fsp3) is 0.0882. The Morgan fingerprint density at radius 2 is 1.34 bits per heavy atom. The molecule has 25 heteroatoms. The van der Waals surface area contributed by atoms with Crippen LogP contribution < -0.4 is 11.1 Å². The number of azo groups is 3. The van der Waals surface area contributed by atoms with Gasteiger partial charge in [0.25, 0.3) is 25.9 Å². The number of nitrogen functional groups attached to an aromatic ring is 1. The molecule has 0 aliphatic carbocycles. The summed E-state index contributed by atoms with van der Waals surface area (Å²) in [6.07, 6.45) is -0.973. The van der Waals surface area contributed by atoms with Crippen LogP contribution in [0.1, 0.15) is 28.8 Å². The number of nitrogens with two attached hydrogens (primary N) is 1. The summed E-state index contributed by atoms with van der Waals surface area (Å²) in [6, 6.07) is 14.2. The van der Waals surface area contributed by atoms with Gasteiger partial charge in [0.05, 0.1) is 45.0 Å². The minimum absolute atomic E-state index is 0.0599. The highest BCUT2D eigenvalue weighted by molar-refractivity contribution is 7.86. The van der Waals surface area contributed by atoms with E-state index in [4.69, 9.17) is 15.9 Å². The van der Waals surface area contributed by atoms with Gasteiger partial charge in [-0.3, -0.25) is 28.8 Å². The molecular weight excluding hydrogens is 823 g/mol. The van der Waals surface area contributed by atoms with Gasteiger partial charge in [0.2, 0.25) is 5.91 Å². The lowest BCUT2D eigenvalue weighted by atomic mass is 10.0. The number of benzene rings is 5. The van der Waals surface area contributed by atoms with Crippen molar-refractivity contribution in [3.63, 3.8) is 0 Å². The first-order valence-electron chi connectivity index (χ1n) is 16.2. The Morgan fingerprint density at radius 1 is 0.746 bits per heavy atom. The molecule has 5 aromatic rings. The summed E-state index contributed by atoms with van der Waals surface area (Å²) >= 11 is 0. The number of nitro groups is 1.